The summed E-state index contributed by atoms with van der Waals surface area (Å²) in [5.74, 6) is 4.28. The summed E-state index contributed by atoms with van der Waals surface area (Å²) < 4.78 is 25.5. The van der Waals surface area contributed by atoms with Gasteiger partial charge in [0, 0.05) is 0 Å². The van der Waals surface area contributed by atoms with Crippen LogP contribution in [0.5, 0.6) is 28.7 Å². The van der Waals surface area contributed by atoms with E-state index in [1.54, 1.807) is 0 Å². The fraction of sp³-hybridized carbons (Fsp3) is 0.167. The van der Waals surface area contributed by atoms with Gasteiger partial charge in [0.2, 0.25) is 0 Å². The molecule has 4 heteroatoms. The maximum atomic E-state index is 6.45. The number of benzene rings is 8. The molecule has 0 N–H and O–H groups in total. The summed E-state index contributed by atoms with van der Waals surface area (Å²) in [5.41, 5.74) is 18.2. The second-order valence-electron chi connectivity index (χ2n) is 17.1. The van der Waals surface area contributed by atoms with Crippen LogP contribution in [0.1, 0.15) is 77.9 Å². The topological polar surface area (TPSA) is 36.9 Å². The summed E-state index contributed by atoms with van der Waals surface area (Å²) in [6, 6.07) is 57.9. The molecule has 1 aliphatic rings. The Hall–Kier alpha value is -7.30. The monoisotopic (exact) mass is 838 g/mol. The Bertz CT molecular complexity index is 2890. The number of fused-ring (bicyclic) bond motifs is 3. The fourth-order valence-corrected chi connectivity index (χ4v) is 9.33. The van der Waals surface area contributed by atoms with Crippen molar-refractivity contribution in [1.82, 2.24) is 0 Å². The molecule has 0 unspecified atom stereocenters. The lowest BCUT2D eigenvalue weighted by atomic mass is 9.68. The molecule has 0 bridgehead atoms. The van der Waals surface area contributed by atoms with Crippen LogP contribution in [0.15, 0.2) is 170 Å². The molecular formula is C60H54O4. The van der Waals surface area contributed by atoms with Crippen molar-refractivity contribution in [2.45, 2.75) is 66.8 Å². The highest BCUT2D eigenvalue weighted by molar-refractivity contribution is 5.86. The van der Waals surface area contributed by atoms with Crippen molar-refractivity contribution < 1.29 is 18.9 Å². The van der Waals surface area contributed by atoms with Crippen LogP contribution in [0, 0.1) is 41.5 Å². The van der Waals surface area contributed by atoms with Crippen LogP contribution < -0.4 is 18.9 Å². The lowest BCUT2D eigenvalue weighted by Gasteiger charge is -2.34. The zero-order valence-electron chi connectivity index (χ0n) is 37.6. The van der Waals surface area contributed by atoms with Crippen molar-refractivity contribution in [2.24, 2.45) is 0 Å². The van der Waals surface area contributed by atoms with E-state index < -0.39 is 5.41 Å². The van der Waals surface area contributed by atoms with Crippen molar-refractivity contribution in [3.63, 3.8) is 0 Å². The summed E-state index contributed by atoms with van der Waals surface area (Å²) in [6.45, 7) is 18.0. The number of rotatable bonds is 14. The van der Waals surface area contributed by atoms with Crippen molar-refractivity contribution in [3.8, 4) is 39.9 Å². The first-order chi connectivity index (χ1) is 31.1. The first-order valence-corrected chi connectivity index (χ1v) is 22.1. The normalized spacial score (nSPS) is 12.3. The lowest BCUT2D eigenvalue weighted by molar-refractivity contribution is 0.299. The summed E-state index contributed by atoms with van der Waals surface area (Å²) in [5, 5.41) is 0. The standard InChI is InChI=1S/C60H54O4/c1-8-45-17-19-46(20-18-45)36-61-51-29-25-49(26-30-51)60(56-15-11-9-13-54(56)55-14-10-12-16-57(55)60)50-27-31-52(32-28-50)62-37-47-21-23-48(24-22-47)38-63-58-41(4)34-53(35-42(58)5)64-59-40(3)33-39(2)43(6)44(59)7/h8-35H,1,36-38H2,2-7H3. The van der Waals surface area contributed by atoms with Crippen molar-refractivity contribution in [2.75, 3.05) is 0 Å². The molecule has 64 heavy (non-hydrogen) atoms. The minimum Gasteiger partial charge on any atom is -0.489 e. The molecule has 4 nitrogen and oxygen atoms in total. The molecule has 318 valence electrons. The lowest BCUT2D eigenvalue weighted by Crippen LogP contribution is -2.28. The highest BCUT2D eigenvalue weighted by atomic mass is 16.5. The summed E-state index contributed by atoms with van der Waals surface area (Å²) >= 11 is 0. The first kappa shape index (κ1) is 42.0. The van der Waals surface area contributed by atoms with Gasteiger partial charge in [0.1, 0.15) is 48.6 Å². The van der Waals surface area contributed by atoms with Gasteiger partial charge in [-0.2, -0.15) is 0 Å². The minimum absolute atomic E-state index is 0.455. The minimum atomic E-state index is -0.519. The van der Waals surface area contributed by atoms with E-state index in [0.717, 1.165) is 67.7 Å². The summed E-state index contributed by atoms with van der Waals surface area (Å²) in [6.07, 6.45) is 1.85. The Morgan fingerprint density at radius 1 is 0.422 bits per heavy atom. The molecule has 0 aromatic heterocycles. The Balaban J connectivity index is 0.884. The van der Waals surface area contributed by atoms with Crippen LogP contribution in [0.3, 0.4) is 0 Å². The van der Waals surface area contributed by atoms with Crippen molar-refractivity contribution in [1.29, 1.82) is 0 Å². The molecule has 9 rings (SSSR count). The van der Waals surface area contributed by atoms with Gasteiger partial charge in [-0.25, -0.2) is 0 Å². The van der Waals surface area contributed by atoms with Gasteiger partial charge in [-0.15, -0.1) is 0 Å². The second kappa shape index (κ2) is 17.8. The highest BCUT2D eigenvalue weighted by Crippen LogP contribution is 2.56. The third-order valence-electron chi connectivity index (χ3n) is 12.9. The molecule has 0 heterocycles. The molecule has 1 aliphatic carbocycles. The van der Waals surface area contributed by atoms with Crippen LogP contribution >= 0.6 is 0 Å². The third-order valence-corrected chi connectivity index (χ3v) is 12.9. The summed E-state index contributed by atoms with van der Waals surface area (Å²) in [4.78, 5) is 0. The van der Waals surface area contributed by atoms with Gasteiger partial charge < -0.3 is 18.9 Å². The predicted molar refractivity (Wildman–Crippen MR) is 261 cm³/mol. The molecule has 0 radical (unpaired) electrons. The van der Waals surface area contributed by atoms with Gasteiger partial charge in [-0.1, -0.05) is 140 Å². The molecule has 0 atom stereocenters. The van der Waals surface area contributed by atoms with Gasteiger partial charge in [-0.3, -0.25) is 0 Å². The number of hydrogen-bond donors (Lipinski definition) is 0. The van der Waals surface area contributed by atoms with E-state index in [2.05, 4.69) is 212 Å². The number of hydrogen-bond acceptors (Lipinski definition) is 4. The van der Waals surface area contributed by atoms with Crippen LogP contribution in [-0.4, -0.2) is 0 Å². The van der Waals surface area contributed by atoms with E-state index in [1.807, 2.05) is 6.08 Å². The van der Waals surface area contributed by atoms with Gasteiger partial charge in [0.05, 0.1) is 5.41 Å². The Kier molecular flexibility index (Phi) is 11.7. The van der Waals surface area contributed by atoms with E-state index in [0.29, 0.717) is 19.8 Å². The zero-order chi connectivity index (χ0) is 44.4. The highest BCUT2D eigenvalue weighted by Gasteiger charge is 2.45. The van der Waals surface area contributed by atoms with E-state index in [-0.39, 0.29) is 0 Å². The Morgan fingerprint density at radius 3 is 1.34 bits per heavy atom. The van der Waals surface area contributed by atoms with Crippen LogP contribution in [0.4, 0.5) is 0 Å². The molecule has 8 aromatic rings. The van der Waals surface area contributed by atoms with Crippen LogP contribution in [0.2, 0.25) is 0 Å². The molecule has 0 saturated carbocycles. The fourth-order valence-electron chi connectivity index (χ4n) is 9.33. The quantitative estimate of drug-likeness (QED) is 0.109. The Morgan fingerprint density at radius 2 is 0.859 bits per heavy atom. The van der Waals surface area contributed by atoms with Crippen LogP contribution in [0.25, 0.3) is 17.2 Å². The van der Waals surface area contributed by atoms with Gasteiger partial charge in [-0.05, 0) is 167 Å². The zero-order valence-corrected chi connectivity index (χ0v) is 37.6. The molecule has 0 fully saturated rings. The first-order valence-electron chi connectivity index (χ1n) is 22.1. The second-order valence-corrected chi connectivity index (χ2v) is 17.1. The average molecular weight is 839 g/mol. The Labute approximate surface area is 378 Å². The molecule has 0 saturated heterocycles. The number of aryl methyl sites for hydroxylation is 4. The van der Waals surface area contributed by atoms with Crippen molar-refractivity contribution in [3.05, 3.63) is 248 Å². The summed E-state index contributed by atoms with van der Waals surface area (Å²) in [7, 11) is 0. The molecule has 0 spiro atoms. The molecular weight excluding hydrogens is 785 g/mol. The van der Waals surface area contributed by atoms with Gasteiger partial charge in [0.15, 0.2) is 0 Å². The van der Waals surface area contributed by atoms with Gasteiger partial charge >= 0.3 is 0 Å². The van der Waals surface area contributed by atoms with Crippen LogP contribution in [-0.2, 0) is 25.2 Å². The average Bonchev–Trinajstić information content (AvgIpc) is 3.62. The molecule has 0 amide bonds. The van der Waals surface area contributed by atoms with E-state index in [1.165, 1.54) is 50.1 Å². The van der Waals surface area contributed by atoms with E-state index in [4.69, 9.17) is 18.9 Å². The third kappa shape index (κ3) is 8.08. The number of ether oxygens (including phenoxy) is 4. The maximum Gasteiger partial charge on any atom is 0.133 e. The van der Waals surface area contributed by atoms with E-state index >= 15 is 0 Å². The van der Waals surface area contributed by atoms with Crippen molar-refractivity contribution >= 4 is 6.08 Å². The molecule has 0 aliphatic heterocycles. The maximum absolute atomic E-state index is 6.45. The smallest absolute Gasteiger partial charge is 0.133 e. The largest absolute Gasteiger partial charge is 0.489 e. The van der Waals surface area contributed by atoms with Gasteiger partial charge in [0.25, 0.3) is 0 Å². The van der Waals surface area contributed by atoms with E-state index in [9.17, 15) is 0 Å². The predicted octanol–water partition coefficient (Wildman–Crippen LogP) is 15.1. The SMILES string of the molecule is C=Cc1ccc(COc2ccc(C3(c4ccc(OCc5ccc(COc6c(C)cc(Oc7c(C)cc(C)c(C)c7C)cc6C)cc5)cc4)c4ccccc4-c4ccccc43)cc2)cc1. The molecule has 8 aromatic carbocycles.